The molecule has 0 aromatic heterocycles. The van der Waals surface area contributed by atoms with Crippen molar-refractivity contribution in [3.63, 3.8) is 0 Å². The average Bonchev–Trinajstić information content (AvgIpc) is 2.49. The summed E-state index contributed by atoms with van der Waals surface area (Å²) in [7, 11) is 0. The summed E-state index contributed by atoms with van der Waals surface area (Å²) in [5.41, 5.74) is 0.684. The fourth-order valence-corrected chi connectivity index (χ4v) is 2.20. The van der Waals surface area contributed by atoms with E-state index in [2.05, 4.69) is 21.3 Å². The molecular formula is C17H24N4O3. The number of hydrogen-bond acceptors (Lipinski definition) is 4. The lowest BCUT2D eigenvalue weighted by atomic mass is 9.95. The molecule has 1 aromatic carbocycles. The number of anilines is 2. The summed E-state index contributed by atoms with van der Waals surface area (Å²) in [6, 6.07) is 6.42. The highest BCUT2D eigenvalue weighted by molar-refractivity contribution is 5.97. The Bertz CT molecular complexity index is 637. The SMILES string of the molecule is CC(C)(C)C(=O)Nc1cccc(NC(=O)CC2NCCNC2=O)c1. The van der Waals surface area contributed by atoms with Crippen molar-refractivity contribution in [3.05, 3.63) is 24.3 Å². The maximum absolute atomic E-state index is 12.1. The summed E-state index contributed by atoms with van der Waals surface area (Å²) < 4.78 is 0. The molecular weight excluding hydrogens is 308 g/mol. The van der Waals surface area contributed by atoms with Gasteiger partial charge < -0.3 is 21.3 Å². The third kappa shape index (κ3) is 5.06. The minimum Gasteiger partial charge on any atom is -0.353 e. The lowest BCUT2D eigenvalue weighted by Crippen LogP contribution is -2.53. The fraction of sp³-hybridized carbons (Fsp3) is 0.471. The first-order valence-corrected chi connectivity index (χ1v) is 7.98. The van der Waals surface area contributed by atoms with Gasteiger partial charge in [0.25, 0.3) is 0 Å². The molecule has 2 rings (SSSR count). The first-order chi connectivity index (χ1) is 11.3. The van der Waals surface area contributed by atoms with Gasteiger partial charge >= 0.3 is 0 Å². The zero-order valence-electron chi connectivity index (χ0n) is 14.2. The second-order valence-electron chi connectivity index (χ2n) is 6.83. The maximum Gasteiger partial charge on any atom is 0.237 e. The Labute approximate surface area is 141 Å². The highest BCUT2D eigenvalue weighted by Crippen LogP contribution is 2.20. The molecule has 7 heteroatoms. The van der Waals surface area contributed by atoms with Gasteiger partial charge in [-0.1, -0.05) is 26.8 Å². The zero-order valence-corrected chi connectivity index (χ0v) is 14.2. The number of benzene rings is 1. The Morgan fingerprint density at radius 2 is 1.83 bits per heavy atom. The van der Waals surface area contributed by atoms with Crippen molar-refractivity contribution in [1.82, 2.24) is 10.6 Å². The summed E-state index contributed by atoms with van der Waals surface area (Å²) in [5, 5.41) is 11.3. The quantitative estimate of drug-likeness (QED) is 0.663. The number of hydrogen-bond donors (Lipinski definition) is 4. The van der Waals surface area contributed by atoms with Crippen LogP contribution in [0.25, 0.3) is 0 Å². The molecule has 0 aliphatic carbocycles. The number of rotatable bonds is 4. The lowest BCUT2D eigenvalue weighted by molar-refractivity contribution is -0.127. The van der Waals surface area contributed by atoms with Crippen LogP contribution in [0.1, 0.15) is 27.2 Å². The molecule has 7 nitrogen and oxygen atoms in total. The number of amides is 3. The molecule has 130 valence electrons. The van der Waals surface area contributed by atoms with Crippen LogP contribution in [0.3, 0.4) is 0 Å². The van der Waals surface area contributed by atoms with Crippen LogP contribution in [-0.4, -0.2) is 36.9 Å². The van der Waals surface area contributed by atoms with Gasteiger partial charge in [0.15, 0.2) is 0 Å². The van der Waals surface area contributed by atoms with Crippen molar-refractivity contribution in [2.45, 2.75) is 33.2 Å². The Morgan fingerprint density at radius 3 is 2.46 bits per heavy atom. The molecule has 1 fully saturated rings. The predicted octanol–water partition coefficient (Wildman–Crippen LogP) is 1.09. The van der Waals surface area contributed by atoms with Gasteiger partial charge in [-0.2, -0.15) is 0 Å². The Morgan fingerprint density at radius 1 is 1.17 bits per heavy atom. The first-order valence-electron chi connectivity index (χ1n) is 7.98. The molecule has 4 N–H and O–H groups in total. The molecule has 24 heavy (non-hydrogen) atoms. The van der Waals surface area contributed by atoms with Crippen molar-refractivity contribution in [3.8, 4) is 0 Å². The van der Waals surface area contributed by atoms with Crippen LogP contribution in [0.15, 0.2) is 24.3 Å². The number of piperazine rings is 1. The van der Waals surface area contributed by atoms with Crippen molar-refractivity contribution in [1.29, 1.82) is 0 Å². The van der Waals surface area contributed by atoms with E-state index in [1.807, 2.05) is 20.8 Å². The third-order valence-electron chi connectivity index (χ3n) is 3.61. The van der Waals surface area contributed by atoms with E-state index in [4.69, 9.17) is 0 Å². The van der Waals surface area contributed by atoms with Gasteiger partial charge in [0, 0.05) is 29.9 Å². The number of nitrogens with one attached hydrogen (secondary N) is 4. The monoisotopic (exact) mass is 332 g/mol. The highest BCUT2D eigenvalue weighted by atomic mass is 16.2. The summed E-state index contributed by atoms with van der Waals surface area (Å²) >= 11 is 0. The van der Waals surface area contributed by atoms with Gasteiger partial charge in [-0.3, -0.25) is 14.4 Å². The van der Waals surface area contributed by atoms with Crippen LogP contribution in [0.5, 0.6) is 0 Å². The van der Waals surface area contributed by atoms with Crippen LogP contribution in [0.4, 0.5) is 11.4 Å². The molecule has 0 radical (unpaired) electrons. The van der Waals surface area contributed by atoms with E-state index >= 15 is 0 Å². The van der Waals surface area contributed by atoms with Gasteiger partial charge in [-0.25, -0.2) is 0 Å². The summed E-state index contributed by atoms with van der Waals surface area (Å²) in [5.74, 6) is -0.527. The van der Waals surface area contributed by atoms with Crippen molar-refractivity contribution < 1.29 is 14.4 Å². The largest absolute Gasteiger partial charge is 0.353 e. The van der Waals surface area contributed by atoms with Crippen molar-refractivity contribution >= 4 is 29.1 Å². The van der Waals surface area contributed by atoms with Crippen LogP contribution in [0.2, 0.25) is 0 Å². The highest BCUT2D eigenvalue weighted by Gasteiger charge is 2.24. The molecule has 1 saturated heterocycles. The van der Waals surface area contributed by atoms with Gasteiger partial charge in [-0.05, 0) is 18.2 Å². The summed E-state index contributed by atoms with van der Waals surface area (Å²) in [6.07, 6.45) is 0.0599. The molecule has 1 atom stereocenters. The predicted molar refractivity (Wildman–Crippen MR) is 92.6 cm³/mol. The van der Waals surface area contributed by atoms with E-state index in [9.17, 15) is 14.4 Å². The first kappa shape index (κ1) is 17.9. The summed E-state index contributed by atoms with van der Waals surface area (Å²) in [4.78, 5) is 35.8. The molecule has 3 amide bonds. The van der Waals surface area contributed by atoms with E-state index in [0.29, 0.717) is 24.5 Å². The standard InChI is InChI=1S/C17H24N4O3/c1-17(2,3)16(24)21-12-6-4-5-11(9-12)20-14(22)10-13-15(23)19-8-7-18-13/h4-6,9,13,18H,7-8,10H2,1-3H3,(H,19,23)(H,20,22)(H,21,24). The summed E-state index contributed by atoms with van der Waals surface area (Å²) in [6.45, 7) is 6.72. The molecule has 1 unspecified atom stereocenters. The molecule has 1 heterocycles. The second-order valence-corrected chi connectivity index (χ2v) is 6.83. The minimum absolute atomic E-state index is 0.0599. The molecule has 0 bridgehead atoms. The lowest BCUT2D eigenvalue weighted by Gasteiger charge is -2.23. The maximum atomic E-state index is 12.1. The van der Waals surface area contributed by atoms with Gasteiger partial charge in [-0.15, -0.1) is 0 Å². The average molecular weight is 332 g/mol. The molecule has 0 saturated carbocycles. The topological polar surface area (TPSA) is 99.3 Å². The van der Waals surface area contributed by atoms with Crippen LogP contribution in [-0.2, 0) is 14.4 Å². The molecule has 1 aliphatic rings. The van der Waals surface area contributed by atoms with Crippen molar-refractivity contribution in [2.24, 2.45) is 5.41 Å². The van der Waals surface area contributed by atoms with Gasteiger partial charge in [0.2, 0.25) is 17.7 Å². The molecule has 1 aliphatic heterocycles. The van der Waals surface area contributed by atoms with Crippen LogP contribution >= 0.6 is 0 Å². The molecule has 0 spiro atoms. The van der Waals surface area contributed by atoms with E-state index in [1.54, 1.807) is 24.3 Å². The van der Waals surface area contributed by atoms with E-state index < -0.39 is 11.5 Å². The van der Waals surface area contributed by atoms with E-state index in [1.165, 1.54) is 0 Å². The second kappa shape index (κ2) is 7.44. The van der Waals surface area contributed by atoms with E-state index in [0.717, 1.165) is 0 Å². The number of carbonyl (C=O) groups is 3. The van der Waals surface area contributed by atoms with Gasteiger partial charge in [0.1, 0.15) is 0 Å². The van der Waals surface area contributed by atoms with Crippen LogP contribution < -0.4 is 21.3 Å². The van der Waals surface area contributed by atoms with E-state index in [-0.39, 0.29) is 24.1 Å². The minimum atomic E-state index is -0.512. The smallest absolute Gasteiger partial charge is 0.237 e. The Kier molecular flexibility index (Phi) is 5.56. The Balaban J connectivity index is 1.95. The normalized spacial score (nSPS) is 17.8. The Hall–Kier alpha value is -2.41. The van der Waals surface area contributed by atoms with Crippen LogP contribution in [0, 0.1) is 5.41 Å². The van der Waals surface area contributed by atoms with Gasteiger partial charge in [0.05, 0.1) is 12.5 Å². The zero-order chi connectivity index (χ0) is 17.7. The number of carbonyl (C=O) groups excluding carboxylic acids is 3. The fourth-order valence-electron chi connectivity index (χ4n) is 2.20. The molecule has 1 aromatic rings. The third-order valence-corrected chi connectivity index (χ3v) is 3.61. The van der Waals surface area contributed by atoms with Crippen molar-refractivity contribution in [2.75, 3.05) is 23.7 Å².